The van der Waals surface area contributed by atoms with Gasteiger partial charge in [-0.15, -0.1) is 0 Å². The summed E-state index contributed by atoms with van der Waals surface area (Å²) in [6.45, 7) is -0.161. The Bertz CT molecular complexity index is 347. The Labute approximate surface area is 79.5 Å². The minimum atomic E-state index is -1.20. The molecule has 0 aliphatic carbocycles. The molecular weight excluding hydrogens is 193 g/mol. The first-order chi connectivity index (χ1) is 6.65. The summed E-state index contributed by atoms with van der Waals surface area (Å²) in [5.41, 5.74) is 0.0635. The van der Waals surface area contributed by atoms with Crippen molar-refractivity contribution >= 4 is 0 Å². The van der Waals surface area contributed by atoms with Gasteiger partial charge in [0.15, 0.2) is 11.6 Å². The number of halogens is 3. The largest absolute Gasteiger partial charge is 0.392 e. The lowest BCUT2D eigenvalue weighted by Crippen LogP contribution is -1.94. The zero-order valence-corrected chi connectivity index (χ0v) is 7.30. The molecule has 76 valence electrons. The fourth-order valence-corrected chi connectivity index (χ4v) is 1.01. The molecule has 0 saturated heterocycles. The lowest BCUT2D eigenvalue weighted by Gasteiger charge is -2.00. The highest BCUT2D eigenvalue weighted by molar-refractivity contribution is 5.22. The average molecular weight is 202 g/mol. The van der Waals surface area contributed by atoms with Gasteiger partial charge in [0.2, 0.25) is 0 Å². The van der Waals surface area contributed by atoms with Gasteiger partial charge >= 0.3 is 0 Å². The van der Waals surface area contributed by atoms with E-state index in [0.29, 0.717) is 6.07 Å². The molecule has 0 aromatic heterocycles. The summed E-state index contributed by atoms with van der Waals surface area (Å²) in [5.74, 6) is -3.05. The van der Waals surface area contributed by atoms with Crippen molar-refractivity contribution < 1.29 is 18.3 Å². The lowest BCUT2D eigenvalue weighted by atomic mass is 10.1. The van der Waals surface area contributed by atoms with Crippen LogP contribution in [0.3, 0.4) is 0 Å². The predicted octanol–water partition coefficient (Wildman–Crippen LogP) is 2.19. The van der Waals surface area contributed by atoms with Crippen LogP contribution in [-0.2, 0) is 6.42 Å². The third-order valence-electron chi connectivity index (χ3n) is 1.70. The van der Waals surface area contributed by atoms with Crippen molar-refractivity contribution in [2.45, 2.75) is 6.42 Å². The zero-order chi connectivity index (χ0) is 10.6. The maximum absolute atomic E-state index is 13.0. The maximum atomic E-state index is 13.0. The van der Waals surface area contributed by atoms with E-state index in [-0.39, 0.29) is 18.6 Å². The molecule has 4 heteroatoms. The molecule has 0 atom stereocenters. The van der Waals surface area contributed by atoms with Gasteiger partial charge in [0.05, 0.1) is 6.61 Å². The van der Waals surface area contributed by atoms with Crippen LogP contribution >= 0.6 is 0 Å². The number of hydrogen-bond acceptors (Lipinski definition) is 1. The molecule has 0 spiro atoms. The number of aliphatic hydroxyl groups is 1. The monoisotopic (exact) mass is 202 g/mol. The third-order valence-corrected chi connectivity index (χ3v) is 1.70. The fourth-order valence-electron chi connectivity index (χ4n) is 1.01. The third kappa shape index (κ3) is 2.60. The smallest absolute Gasteiger partial charge is 0.161 e. The summed E-state index contributed by atoms with van der Waals surface area (Å²) in [7, 11) is 0. The molecule has 0 aliphatic heterocycles. The molecule has 1 N–H and O–H groups in total. The molecule has 14 heavy (non-hydrogen) atoms. The molecule has 0 heterocycles. The Morgan fingerprint density at radius 2 is 1.64 bits per heavy atom. The first kappa shape index (κ1) is 10.8. The lowest BCUT2D eigenvalue weighted by molar-refractivity contribution is 0.342. The second-order valence-electron chi connectivity index (χ2n) is 2.72. The van der Waals surface area contributed by atoms with Gasteiger partial charge in [0.25, 0.3) is 0 Å². The standard InChI is InChI=1S/C10H9F3O/c11-8-6-10(13)9(12)5-7(8)3-1-2-4-14/h1-2,5-6,14H,3-4H2/b2-1+. The van der Waals surface area contributed by atoms with E-state index in [0.717, 1.165) is 6.07 Å². The molecule has 1 rings (SSSR count). The minimum Gasteiger partial charge on any atom is -0.392 e. The molecule has 0 saturated carbocycles. The Balaban J connectivity index is 2.87. The molecular formula is C10H9F3O. The number of allylic oxidation sites excluding steroid dienone is 1. The van der Waals surface area contributed by atoms with Crippen LogP contribution in [0.5, 0.6) is 0 Å². The van der Waals surface area contributed by atoms with Crippen molar-refractivity contribution in [3.05, 3.63) is 47.3 Å². The predicted molar refractivity (Wildman–Crippen MR) is 46.2 cm³/mol. The molecule has 0 amide bonds. The fraction of sp³-hybridized carbons (Fsp3) is 0.200. The molecule has 1 nitrogen and oxygen atoms in total. The van der Waals surface area contributed by atoms with Crippen molar-refractivity contribution in [3.63, 3.8) is 0 Å². The first-order valence-corrected chi connectivity index (χ1v) is 4.04. The summed E-state index contributed by atoms with van der Waals surface area (Å²) in [5, 5.41) is 8.40. The van der Waals surface area contributed by atoms with Gasteiger partial charge in [0.1, 0.15) is 5.82 Å². The van der Waals surface area contributed by atoms with E-state index in [1.165, 1.54) is 12.2 Å². The average Bonchev–Trinajstić information content (AvgIpc) is 2.14. The van der Waals surface area contributed by atoms with E-state index in [2.05, 4.69) is 0 Å². The van der Waals surface area contributed by atoms with Crippen LogP contribution in [0.2, 0.25) is 0 Å². The van der Waals surface area contributed by atoms with Crippen LogP contribution in [0.4, 0.5) is 13.2 Å². The van der Waals surface area contributed by atoms with Crippen molar-refractivity contribution in [2.24, 2.45) is 0 Å². The molecule has 0 fully saturated rings. The maximum Gasteiger partial charge on any atom is 0.161 e. The van der Waals surface area contributed by atoms with Gasteiger partial charge in [-0.3, -0.25) is 0 Å². The van der Waals surface area contributed by atoms with E-state index in [9.17, 15) is 13.2 Å². The van der Waals surface area contributed by atoms with Crippen molar-refractivity contribution in [1.29, 1.82) is 0 Å². The summed E-state index contributed by atoms with van der Waals surface area (Å²) in [6, 6.07) is 1.32. The van der Waals surface area contributed by atoms with E-state index in [1.54, 1.807) is 0 Å². The first-order valence-electron chi connectivity index (χ1n) is 4.04. The van der Waals surface area contributed by atoms with Crippen molar-refractivity contribution in [3.8, 4) is 0 Å². The Hall–Kier alpha value is -1.29. The quantitative estimate of drug-likeness (QED) is 0.588. The van der Waals surface area contributed by atoms with E-state index < -0.39 is 17.5 Å². The summed E-state index contributed by atoms with van der Waals surface area (Å²) in [6.07, 6.45) is 3.01. The highest BCUT2D eigenvalue weighted by Gasteiger charge is 2.07. The van der Waals surface area contributed by atoms with Crippen molar-refractivity contribution in [1.82, 2.24) is 0 Å². The molecule has 1 aromatic rings. The van der Waals surface area contributed by atoms with Gasteiger partial charge < -0.3 is 5.11 Å². The Kier molecular flexibility index (Phi) is 3.71. The minimum absolute atomic E-state index is 0.0635. The van der Waals surface area contributed by atoms with Crippen LogP contribution in [0, 0.1) is 17.5 Å². The van der Waals surface area contributed by atoms with Crippen LogP contribution in [0.25, 0.3) is 0 Å². The van der Waals surface area contributed by atoms with Crippen LogP contribution in [-0.4, -0.2) is 11.7 Å². The molecule has 0 radical (unpaired) electrons. The number of benzene rings is 1. The summed E-state index contributed by atoms with van der Waals surface area (Å²) in [4.78, 5) is 0. The molecule has 0 bridgehead atoms. The van der Waals surface area contributed by atoms with Gasteiger partial charge in [-0.2, -0.15) is 0 Å². The zero-order valence-electron chi connectivity index (χ0n) is 7.30. The second-order valence-corrected chi connectivity index (χ2v) is 2.72. The van der Waals surface area contributed by atoms with Crippen LogP contribution < -0.4 is 0 Å². The Morgan fingerprint density at radius 3 is 2.29 bits per heavy atom. The second kappa shape index (κ2) is 4.81. The van der Waals surface area contributed by atoms with E-state index >= 15 is 0 Å². The molecule has 0 aliphatic rings. The van der Waals surface area contributed by atoms with E-state index in [4.69, 9.17) is 5.11 Å². The highest BCUT2D eigenvalue weighted by Crippen LogP contribution is 2.14. The van der Waals surface area contributed by atoms with Crippen LogP contribution in [0.1, 0.15) is 5.56 Å². The molecule has 1 aromatic carbocycles. The number of hydrogen-bond donors (Lipinski definition) is 1. The van der Waals surface area contributed by atoms with Gasteiger partial charge in [-0.1, -0.05) is 12.2 Å². The highest BCUT2D eigenvalue weighted by atomic mass is 19.2. The topological polar surface area (TPSA) is 20.2 Å². The molecule has 0 unspecified atom stereocenters. The van der Waals surface area contributed by atoms with Crippen LogP contribution in [0.15, 0.2) is 24.3 Å². The van der Waals surface area contributed by atoms with E-state index in [1.807, 2.05) is 0 Å². The van der Waals surface area contributed by atoms with Gasteiger partial charge in [0, 0.05) is 6.07 Å². The van der Waals surface area contributed by atoms with Gasteiger partial charge in [-0.05, 0) is 18.1 Å². The van der Waals surface area contributed by atoms with Crippen molar-refractivity contribution in [2.75, 3.05) is 6.61 Å². The normalized spacial score (nSPS) is 11.1. The SMILES string of the molecule is OC/C=C/Cc1cc(F)c(F)cc1F. The number of rotatable bonds is 3. The summed E-state index contributed by atoms with van der Waals surface area (Å²) >= 11 is 0. The Morgan fingerprint density at radius 1 is 1.00 bits per heavy atom. The number of aliphatic hydroxyl groups excluding tert-OH is 1. The van der Waals surface area contributed by atoms with Gasteiger partial charge in [-0.25, -0.2) is 13.2 Å². The summed E-state index contributed by atoms with van der Waals surface area (Å²) < 4.78 is 38.1.